The summed E-state index contributed by atoms with van der Waals surface area (Å²) >= 11 is 0. The van der Waals surface area contributed by atoms with Crippen molar-refractivity contribution in [2.45, 2.75) is 19.8 Å². The summed E-state index contributed by atoms with van der Waals surface area (Å²) in [6, 6.07) is 29.3. The summed E-state index contributed by atoms with van der Waals surface area (Å²) in [5.41, 5.74) is 23.5. The van der Waals surface area contributed by atoms with Crippen molar-refractivity contribution < 1.29 is 28.6 Å². The number of carbonyl (C=O) groups is 3. The van der Waals surface area contributed by atoms with Gasteiger partial charge in [-0.05, 0) is 68.3 Å². The van der Waals surface area contributed by atoms with E-state index in [1.54, 1.807) is 0 Å². The molecular weight excluding hydrogens is 498 g/mol. The van der Waals surface area contributed by atoms with E-state index in [-0.39, 0.29) is 19.8 Å². The van der Waals surface area contributed by atoms with Crippen LogP contribution in [0, 0.1) is 0 Å². The summed E-state index contributed by atoms with van der Waals surface area (Å²) < 4.78 is 14.6. The zero-order valence-corrected chi connectivity index (χ0v) is 21.0. The number of rotatable bonds is 9. The van der Waals surface area contributed by atoms with E-state index in [0.29, 0.717) is 0 Å². The van der Waals surface area contributed by atoms with E-state index in [1.165, 1.54) is 0 Å². The first-order valence-corrected chi connectivity index (χ1v) is 12.0. The second-order valence-electron chi connectivity index (χ2n) is 8.71. The summed E-state index contributed by atoms with van der Waals surface area (Å²) in [7, 11) is 0. The van der Waals surface area contributed by atoms with Gasteiger partial charge in [-0.25, -0.2) is 14.4 Å². The molecule has 3 amide bonds. The smallest absolute Gasteiger partial charge is 0.404 e. The number of hydrogen-bond acceptors (Lipinski definition) is 6. The van der Waals surface area contributed by atoms with E-state index in [0.717, 1.165) is 50.1 Å². The summed E-state index contributed by atoms with van der Waals surface area (Å²) in [5.74, 6) is 0. The van der Waals surface area contributed by atoms with E-state index in [4.69, 9.17) is 31.4 Å². The van der Waals surface area contributed by atoms with E-state index in [2.05, 4.69) is 18.2 Å². The fraction of sp³-hybridized carbons (Fsp3) is 0.100. The molecule has 0 bridgehead atoms. The highest BCUT2D eigenvalue weighted by Gasteiger charge is 2.09. The van der Waals surface area contributed by atoms with E-state index in [1.807, 2.05) is 72.8 Å². The molecule has 0 unspecified atom stereocenters. The van der Waals surface area contributed by atoms with Gasteiger partial charge in [0.25, 0.3) is 0 Å². The lowest BCUT2D eigenvalue weighted by Crippen LogP contribution is -2.12. The van der Waals surface area contributed by atoms with Gasteiger partial charge < -0.3 is 31.4 Å². The number of carbonyl (C=O) groups excluding carboxylic acids is 3. The molecule has 9 nitrogen and oxygen atoms in total. The first kappa shape index (κ1) is 26.7. The molecule has 39 heavy (non-hydrogen) atoms. The van der Waals surface area contributed by atoms with Gasteiger partial charge in [-0.15, -0.1) is 0 Å². The lowest BCUT2D eigenvalue weighted by molar-refractivity contribution is 0.149. The minimum atomic E-state index is -0.823. The van der Waals surface area contributed by atoms with Crippen LogP contribution in [0.3, 0.4) is 0 Å². The first-order chi connectivity index (χ1) is 18.8. The number of amides is 3. The third-order valence-electron chi connectivity index (χ3n) is 5.94. The maximum absolute atomic E-state index is 10.9. The second-order valence-corrected chi connectivity index (χ2v) is 8.71. The van der Waals surface area contributed by atoms with Crippen LogP contribution in [0.15, 0.2) is 91.0 Å². The van der Waals surface area contributed by atoms with Crippen molar-refractivity contribution in [3.63, 3.8) is 0 Å². The predicted molar refractivity (Wildman–Crippen MR) is 146 cm³/mol. The van der Waals surface area contributed by atoms with Gasteiger partial charge in [0.1, 0.15) is 19.8 Å². The van der Waals surface area contributed by atoms with E-state index in [9.17, 15) is 14.4 Å². The number of nitrogens with two attached hydrogens (primary N) is 3. The average molecular weight is 526 g/mol. The van der Waals surface area contributed by atoms with Gasteiger partial charge in [0.15, 0.2) is 0 Å². The summed E-state index contributed by atoms with van der Waals surface area (Å²) in [6.07, 6.45) is -2.47. The number of benzene rings is 4. The lowest BCUT2D eigenvalue weighted by Gasteiger charge is -2.13. The van der Waals surface area contributed by atoms with E-state index < -0.39 is 18.3 Å². The van der Waals surface area contributed by atoms with Crippen LogP contribution in [0.2, 0.25) is 0 Å². The maximum Gasteiger partial charge on any atom is 0.404 e. The Morgan fingerprint density at radius 2 is 0.641 bits per heavy atom. The van der Waals surface area contributed by atoms with Crippen molar-refractivity contribution in [2.75, 3.05) is 0 Å². The van der Waals surface area contributed by atoms with Gasteiger partial charge in [-0.3, -0.25) is 0 Å². The Hall–Kier alpha value is -5.31. The topological polar surface area (TPSA) is 157 Å². The molecule has 0 aliphatic heterocycles. The van der Waals surface area contributed by atoms with Crippen LogP contribution in [-0.2, 0) is 34.0 Å². The van der Waals surface area contributed by atoms with Crippen LogP contribution in [0.25, 0.3) is 33.4 Å². The molecule has 0 radical (unpaired) electrons. The summed E-state index contributed by atoms with van der Waals surface area (Å²) in [5, 5.41) is 0. The molecule has 0 atom stereocenters. The lowest BCUT2D eigenvalue weighted by atomic mass is 9.92. The van der Waals surface area contributed by atoms with Gasteiger partial charge in [0, 0.05) is 0 Å². The minimum Gasteiger partial charge on any atom is -0.445 e. The van der Waals surface area contributed by atoms with Crippen molar-refractivity contribution in [3.8, 4) is 33.4 Å². The molecule has 0 fully saturated rings. The predicted octanol–water partition coefficient (Wildman–Crippen LogP) is 5.47. The molecule has 0 aliphatic carbocycles. The summed E-state index contributed by atoms with van der Waals surface area (Å²) in [4.78, 5) is 32.8. The molecule has 0 aliphatic rings. The van der Waals surface area contributed by atoms with Crippen LogP contribution in [0.5, 0.6) is 0 Å². The van der Waals surface area contributed by atoms with Crippen LogP contribution < -0.4 is 17.2 Å². The van der Waals surface area contributed by atoms with Crippen molar-refractivity contribution in [1.29, 1.82) is 0 Å². The monoisotopic (exact) mass is 525 g/mol. The van der Waals surface area contributed by atoms with Gasteiger partial charge in [0.2, 0.25) is 0 Å². The average Bonchev–Trinajstić information content (AvgIpc) is 2.94. The summed E-state index contributed by atoms with van der Waals surface area (Å²) in [6.45, 7) is 0.287. The quantitative estimate of drug-likeness (QED) is 0.246. The highest BCUT2D eigenvalue weighted by atomic mass is 16.6. The molecule has 4 rings (SSSR count). The third-order valence-corrected chi connectivity index (χ3v) is 5.94. The van der Waals surface area contributed by atoms with Crippen molar-refractivity contribution in [1.82, 2.24) is 0 Å². The molecule has 0 saturated carbocycles. The Balaban J connectivity index is 1.68. The maximum atomic E-state index is 10.9. The second kappa shape index (κ2) is 12.3. The Kier molecular flexibility index (Phi) is 8.43. The zero-order valence-electron chi connectivity index (χ0n) is 21.0. The Labute approximate surface area is 225 Å². The largest absolute Gasteiger partial charge is 0.445 e. The molecule has 0 aromatic heterocycles. The zero-order chi connectivity index (χ0) is 27.8. The number of hydrogen-bond donors (Lipinski definition) is 3. The van der Waals surface area contributed by atoms with Gasteiger partial charge >= 0.3 is 18.3 Å². The molecule has 0 heterocycles. The molecule has 4 aromatic carbocycles. The fourth-order valence-electron chi connectivity index (χ4n) is 3.97. The third kappa shape index (κ3) is 7.59. The van der Waals surface area contributed by atoms with Crippen LogP contribution in [0.1, 0.15) is 16.7 Å². The van der Waals surface area contributed by atoms with Crippen LogP contribution in [-0.4, -0.2) is 18.3 Å². The SMILES string of the molecule is NC(=O)OCc1ccc(-c2cc(-c3ccc(COC(N)=O)cc3)cc(-c3ccc(COC(N)=O)cc3)c2)cc1. The Bertz CT molecular complexity index is 1270. The van der Waals surface area contributed by atoms with Crippen LogP contribution >= 0.6 is 0 Å². The molecule has 9 heteroatoms. The van der Waals surface area contributed by atoms with Gasteiger partial charge in [-0.1, -0.05) is 72.8 Å². The normalized spacial score (nSPS) is 10.5. The van der Waals surface area contributed by atoms with Crippen LogP contribution in [0.4, 0.5) is 14.4 Å². The molecule has 6 N–H and O–H groups in total. The molecule has 4 aromatic rings. The first-order valence-electron chi connectivity index (χ1n) is 12.0. The van der Waals surface area contributed by atoms with Crippen molar-refractivity contribution >= 4 is 18.3 Å². The number of ether oxygens (including phenoxy) is 3. The molecular formula is C30H27N3O6. The fourth-order valence-corrected chi connectivity index (χ4v) is 3.97. The minimum absolute atomic E-state index is 0.0958. The highest BCUT2D eigenvalue weighted by molar-refractivity contribution is 5.81. The highest BCUT2D eigenvalue weighted by Crippen LogP contribution is 2.33. The van der Waals surface area contributed by atoms with Gasteiger partial charge in [0.05, 0.1) is 0 Å². The Morgan fingerprint density at radius 1 is 0.410 bits per heavy atom. The molecule has 198 valence electrons. The Morgan fingerprint density at radius 3 is 0.846 bits per heavy atom. The van der Waals surface area contributed by atoms with Crippen molar-refractivity contribution in [2.24, 2.45) is 17.2 Å². The van der Waals surface area contributed by atoms with E-state index >= 15 is 0 Å². The standard InChI is InChI=1S/C30H27N3O6/c31-28(34)37-16-19-1-7-22(8-2-19)25-13-26(23-9-3-20(4-10-23)17-38-29(32)35)15-27(14-25)24-11-5-21(6-12-24)18-39-30(33)36/h1-15H,16-18H2,(H2,31,34)(H2,32,35)(H2,33,36). The number of primary amides is 3. The van der Waals surface area contributed by atoms with Crippen molar-refractivity contribution in [3.05, 3.63) is 108 Å². The molecule has 0 spiro atoms. The van der Waals surface area contributed by atoms with Gasteiger partial charge in [-0.2, -0.15) is 0 Å². The molecule has 0 saturated heterocycles.